The molecular formula is C9H8ClFO. The van der Waals surface area contributed by atoms with E-state index in [-0.39, 0.29) is 5.82 Å². The van der Waals surface area contributed by atoms with Gasteiger partial charge >= 0.3 is 0 Å². The molecule has 1 aromatic rings. The Labute approximate surface area is 74.8 Å². The van der Waals surface area contributed by atoms with Crippen molar-refractivity contribution in [3.05, 3.63) is 34.6 Å². The summed E-state index contributed by atoms with van der Waals surface area (Å²) >= 11 is 5.75. The van der Waals surface area contributed by atoms with Gasteiger partial charge in [0.1, 0.15) is 5.82 Å². The summed E-state index contributed by atoms with van der Waals surface area (Å²) in [5, 5.41) is 9.98. The molecule has 0 saturated heterocycles. The molecule has 1 nitrogen and oxygen atoms in total. The van der Waals surface area contributed by atoms with Crippen molar-refractivity contribution in [2.75, 3.05) is 0 Å². The summed E-state index contributed by atoms with van der Waals surface area (Å²) < 4.78 is 12.6. The smallest absolute Gasteiger partial charge is 0.124 e. The predicted molar refractivity (Wildman–Crippen MR) is 44.5 cm³/mol. The molecule has 0 amide bonds. The highest BCUT2D eigenvalue weighted by Crippen LogP contribution is 2.47. The molecule has 0 aromatic heterocycles. The number of aliphatic hydroxyl groups is 1. The monoisotopic (exact) mass is 186 g/mol. The Kier molecular flexibility index (Phi) is 1.63. The van der Waals surface area contributed by atoms with Gasteiger partial charge in [-0.15, -0.1) is 0 Å². The van der Waals surface area contributed by atoms with Gasteiger partial charge in [-0.25, -0.2) is 4.39 Å². The summed E-state index contributed by atoms with van der Waals surface area (Å²) in [7, 11) is 0. The van der Waals surface area contributed by atoms with E-state index in [1.807, 2.05) is 0 Å². The van der Waals surface area contributed by atoms with Crippen molar-refractivity contribution >= 4 is 11.6 Å². The van der Waals surface area contributed by atoms with Crippen LogP contribution in [-0.4, -0.2) is 5.11 Å². The lowest BCUT2D eigenvalue weighted by Crippen LogP contribution is -2.04. The van der Waals surface area contributed by atoms with Crippen molar-refractivity contribution in [2.24, 2.45) is 0 Å². The lowest BCUT2D eigenvalue weighted by Gasteiger charge is -2.09. The average Bonchev–Trinajstić information content (AvgIpc) is 2.68. The standard InChI is InChI=1S/C9H8ClFO/c10-8-5-6(11)1-2-7(8)9(12)3-4-9/h1-2,5,12H,3-4H2. The maximum atomic E-state index is 12.6. The van der Waals surface area contributed by atoms with E-state index >= 15 is 0 Å². The summed E-state index contributed by atoms with van der Waals surface area (Å²) in [6, 6.07) is 4.09. The second kappa shape index (κ2) is 2.44. The predicted octanol–water partition coefficient (Wildman–Crippen LogP) is 2.46. The second-order valence-electron chi connectivity index (χ2n) is 3.16. The summed E-state index contributed by atoms with van der Waals surface area (Å²) in [5.41, 5.74) is -0.129. The molecule has 1 N–H and O–H groups in total. The molecule has 0 radical (unpaired) electrons. The van der Waals surface area contributed by atoms with Gasteiger partial charge in [-0.1, -0.05) is 17.7 Å². The van der Waals surface area contributed by atoms with E-state index in [4.69, 9.17) is 11.6 Å². The Morgan fingerprint density at radius 1 is 1.42 bits per heavy atom. The van der Waals surface area contributed by atoms with Crippen LogP contribution in [0.25, 0.3) is 0 Å². The zero-order valence-corrected chi connectivity index (χ0v) is 7.11. The van der Waals surface area contributed by atoms with Gasteiger partial charge in [0, 0.05) is 10.6 Å². The molecule has 0 bridgehead atoms. The normalized spacial score (nSPS) is 19.2. The van der Waals surface area contributed by atoms with Gasteiger partial charge in [0.15, 0.2) is 0 Å². The van der Waals surface area contributed by atoms with Crippen LogP contribution in [0.15, 0.2) is 18.2 Å². The van der Waals surface area contributed by atoms with Crippen molar-refractivity contribution in [2.45, 2.75) is 18.4 Å². The third-order valence-electron chi connectivity index (χ3n) is 2.16. The molecule has 0 heterocycles. The first kappa shape index (κ1) is 8.02. The van der Waals surface area contributed by atoms with Crippen molar-refractivity contribution in [3.63, 3.8) is 0 Å². The molecule has 12 heavy (non-hydrogen) atoms. The minimum absolute atomic E-state index is 0.315. The molecule has 0 spiro atoms. The van der Waals surface area contributed by atoms with Gasteiger partial charge < -0.3 is 5.11 Å². The van der Waals surface area contributed by atoms with Gasteiger partial charge in [-0.3, -0.25) is 0 Å². The van der Waals surface area contributed by atoms with Gasteiger partial charge in [0.2, 0.25) is 0 Å². The minimum Gasteiger partial charge on any atom is -0.385 e. The van der Waals surface area contributed by atoms with E-state index < -0.39 is 5.60 Å². The van der Waals surface area contributed by atoms with Gasteiger partial charge in [0.05, 0.1) is 5.60 Å². The quantitative estimate of drug-likeness (QED) is 0.715. The summed E-state index contributed by atoms with van der Waals surface area (Å²) in [5.74, 6) is -0.368. The lowest BCUT2D eigenvalue weighted by atomic mass is 10.1. The summed E-state index contributed by atoms with van der Waals surface area (Å²) in [6.45, 7) is 0. The first-order valence-corrected chi connectivity index (χ1v) is 4.17. The Balaban J connectivity index is 2.45. The van der Waals surface area contributed by atoms with Crippen LogP contribution in [0.3, 0.4) is 0 Å². The topological polar surface area (TPSA) is 20.2 Å². The first-order chi connectivity index (χ1) is 5.62. The number of rotatable bonds is 1. The minimum atomic E-state index is -0.773. The second-order valence-corrected chi connectivity index (χ2v) is 3.56. The van der Waals surface area contributed by atoms with Crippen LogP contribution in [0.1, 0.15) is 18.4 Å². The third kappa shape index (κ3) is 1.21. The molecular weight excluding hydrogens is 179 g/mol. The van der Waals surface area contributed by atoms with Crippen molar-refractivity contribution in [1.29, 1.82) is 0 Å². The lowest BCUT2D eigenvalue weighted by molar-refractivity contribution is 0.151. The molecule has 64 valence electrons. The van der Waals surface area contributed by atoms with Crippen LogP contribution in [0.4, 0.5) is 4.39 Å². The molecule has 0 aliphatic heterocycles. The van der Waals surface area contributed by atoms with Gasteiger partial charge in [-0.05, 0) is 25.0 Å². The maximum absolute atomic E-state index is 12.6. The van der Waals surface area contributed by atoms with Crippen LogP contribution in [0, 0.1) is 5.82 Å². The zero-order chi connectivity index (χ0) is 8.77. The Bertz CT molecular complexity index is 320. The molecule has 1 fully saturated rings. The third-order valence-corrected chi connectivity index (χ3v) is 2.47. The van der Waals surface area contributed by atoms with Crippen LogP contribution >= 0.6 is 11.6 Å². The molecule has 1 aliphatic carbocycles. The van der Waals surface area contributed by atoms with Crippen LogP contribution in [0.2, 0.25) is 5.02 Å². The highest BCUT2D eigenvalue weighted by atomic mass is 35.5. The van der Waals surface area contributed by atoms with Crippen molar-refractivity contribution in [3.8, 4) is 0 Å². The van der Waals surface area contributed by atoms with Crippen LogP contribution in [-0.2, 0) is 5.60 Å². The molecule has 1 aromatic carbocycles. The van der Waals surface area contributed by atoms with Crippen LogP contribution < -0.4 is 0 Å². The Hall–Kier alpha value is -0.600. The fourth-order valence-electron chi connectivity index (χ4n) is 1.25. The highest BCUT2D eigenvalue weighted by Gasteiger charge is 2.43. The zero-order valence-electron chi connectivity index (χ0n) is 6.35. The highest BCUT2D eigenvalue weighted by molar-refractivity contribution is 6.31. The number of hydrogen-bond acceptors (Lipinski definition) is 1. The van der Waals surface area contributed by atoms with Crippen molar-refractivity contribution < 1.29 is 9.50 Å². The molecule has 1 aliphatic rings. The number of halogens is 2. The largest absolute Gasteiger partial charge is 0.385 e. The Morgan fingerprint density at radius 2 is 2.08 bits per heavy atom. The van der Waals surface area contributed by atoms with Gasteiger partial charge in [-0.2, -0.15) is 0 Å². The summed E-state index contributed by atoms with van der Waals surface area (Å²) in [4.78, 5) is 0. The van der Waals surface area contributed by atoms with Gasteiger partial charge in [0.25, 0.3) is 0 Å². The van der Waals surface area contributed by atoms with E-state index in [0.717, 1.165) is 12.8 Å². The van der Waals surface area contributed by atoms with E-state index in [9.17, 15) is 9.50 Å². The fourth-order valence-corrected chi connectivity index (χ4v) is 1.60. The van der Waals surface area contributed by atoms with Crippen molar-refractivity contribution in [1.82, 2.24) is 0 Å². The number of benzene rings is 1. The van der Waals surface area contributed by atoms with E-state index in [2.05, 4.69) is 0 Å². The fraction of sp³-hybridized carbons (Fsp3) is 0.333. The maximum Gasteiger partial charge on any atom is 0.124 e. The SMILES string of the molecule is OC1(c2ccc(F)cc2Cl)CC1. The Morgan fingerprint density at radius 3 is 2.58 bits per heavy atom. The first-order valence-electron chi connectivity index (χ1n) is 3.80. The molecule has 3 heteroatoms. The van der Waals surface area contributed by atoms with E-state index in [1.165, 1.54) is 12.1 Å². The molecule has 1 saturated carbocycles. The van der Waals surface area contributed by atoms with Crippen LogP contribution in [0.5, 0.6) is 0 Å². The summed E-state index contributed by atoms with van der Waals surface area (Å²) in [6.07, 6.45) is 1.44. The molecule has 2 rings (SSSR count). The molecule has 0 atom stereocenters. The average molecular weight is 187 g/mol. The van der Waals surface area contributed by atoms with E-state index in [1.54, 1.807) is 6.07 Å². The number of hydrogen-bond donors (Lipinski definition) is 1. The van der Waals surface area contributed by atoms with E-state index in [0.29, 0.717) is 10.6 Å². The molecule has 0 unspecified atom stereocenters.